The summed E-state index contributed by atoms with van der Waals surface area (Å²) in [7, 11) is 4.11. The van der Waals surface area contributed by atoms with Crippen molar-refractivity contribution in [1.82, 2.24) is 10.2 Å². The molecule has 0 aliphatic carbocycles. The number of halogens is 1. The average Bonchev–Trinajstić information content (AvgIpc) is 2.42. The van der Waals surface area contributed by atoms with E-state index in [1.54, 1.807) is 0 Å². The third kappa shape index (κ3) is 5.50. The van der Waals surface area contributed by atoms with E-state index < -0.39 is 0 Å². The van der Waals surface area contributed by atoms with E-state index in [0.717, 1.165) is 29.3 Å². The zero-order valence-corrected chi connectivity index (χ0v) is 14.9. The number of likely N-dealkylation sites (N-methyl/N-ethyl adjacent to an activating group) is 1. The summed E-state index contributed by atoms with van der Waals surface area (Å²) >= 11 is 6.39. The van der Waals surface area contributed by atoms with Gasteiger partial charge in [0.15, 0.2) is 0 Å². The van der Waals surface area contributed by atoms with E-state index >= 15 is 0 Å². The van der Waals surface area contributed by atoms with Gasteiger partial charge in [0.2, 0.25) is 0 Å². The Morgan fingerprint density at radius 2 is 2.00 bits per heavy atom. The Morgan fingerprint density at radius 3 is 2.52 bits per heavy atom. The van der Waals surface area contributed by atoms with Crippen molar-refractivity contribution in [2.24, 2.45) is 0 Å². The van der Waals surface area contributed by atoms with Crippen LogP contribution in [0.2, 0.25) is 5.02 Å². The lowest BCUT2D eigenvalue weighted by molar-refractivity contribution is 0.114. The number of ether oxygens (including phenoxy) is 1. The Hall–Kier alpha value is -0.770. The van der Waals surface area contributed by atoms with Crippen LogP contribution in [0.4, 0.5) is 0 Å². The molecule has 3 nitrogen and oxygen atoms in total. The molecule has 0 saturated heterocycles. The van der Waals surface area contributed by atoms with Crippen LogP contribution in [0, 0.1) is 0 Å². The molecule has 21 heavy (non-hydrogen) atoms. The molecule has 0 fully saturated rings. The maximum Gasteiger partial charge on any atom is 0.120 e. The van der Waals surface area contributed by atoms with Gasteiger partial charge in [-0.2, -0.15) is 0 Å². The van der Waals surface area contributed by atoms with Crippen molar-refractivity contribution >= 4 is 11.6 Å². The molecule has 0 aliphatic rings. The normalized spacial score (nSPS) is 13.5. The summed E-state index contributed by atoms with van der Waals surface area (Å²) in [5.41, 5.74) is 1.10. The zero-order chi connectivity index (χ0) is 16.0. The van der Waals surface area contributed by atoms with Crippen LogP contribution in [0.25, 0.3) is 0 Å². The van der Waals surface area contributed by atoms with E-state index in [4.69, 9.17) is 16.3 Å². The summed E-state index contributed by atoms with van der Waals surface area (Å²) in [6, 6.07) is 6.21. The van der Waals surface area contributed by atoms with Gasteiger partial charge >= 0.3 is 0 Å². The van der Waals surface area contributed by atoms with E-state index in [9.17, 15) is 0 Å². The fourth-order valence-corrected chi connectivity index (χ4v) is 2.14. The SMILES string of the molecule is CCCNC(C)c1ccc(OCC(C)(C)N(C)C)cc1Cl. The van der Waals surface area contributed by atoms with Gasteiger partial charge in [-0.25, -0.2) is 0 Å². The molecule has 0 bridgehead atoms. The van der Waals surface area contributed by atoms with Crippen LogP contribution in [-0.2, 0) is 0 Å². The Labute approximate surface area is 134 Å². The van der Waals surface area contributed by atoms with Gasteiger partial charge in [0, 0.05) is 16.6 Å². The molecule has 4 heteroatoms. The smallest absolute Gasteiger partial charge is 0.120 e. The third-order valence-corrected chi connectivity index (χ3v) is 4.27. The largest absolute Gasteiger partial charge is 0.492 e. The van der Waals surface area contributed by atoms with Crippen molar-refractivity contribution in [3.8, 4) is 5.75 Å². The Bertz CT molecular complexity index is 446. The fraction of sp³-hybridized carbons (Fsp3) is 0.647. The summed E-state index contributed by atoms with van der Waals surface area (Å²) in [6.45, 7) is 10.2. The van der Waals surface area contributed by atoms with Crippen LogP contribution in [0.1, 0.15) is 45.7 Å². The van der Waals surface area contributed by atoms with Crippen molar-refractivity contribution in [3.63, 3.8) is 0 Å². The summed E-state index contributed by atoms with van der Waals surface area (Å²) in [5.74, 6) is 0.821. The van der Waals surface area contributed by atoms with Gasteiger partial charge < -0.3 is 15.0 Å². The lowest BCUT2D eigenvalue weighted by atomic mass is 10.1. The number of benzene rings is 1. The van der Waals surface area contributed by atoms with Crippen molar-refractivity contribution in [2.45, 2.75) is 45.7 Å². The van der Waals surface area contributed by atoms with Crippen LogP contribution in [0.3, 0.4) is 0 Å². The minimum absolute atomic E-state index is 0.0128. The van der Waals surface area contributed by atoms with Gasteiger partial charge in [-0.15, -0.1) is 0 Å². The molecule has 0 radical (unpaired) electrons. The molecule has 0 heterocycles. The molecular weight excluding hydrogens is 284 g/mol. The first-order valence-electron chi connectivity index (χ1n) is 7.61. The Morgan fingerprint density at radius 1 is 1.33 bits per heavy atom. The van der Waals surface area contributed by atoms with Crippen molar-refractivity contribution < 1.29 is 4.74 Å². The van der Waals surface area contributed by atoms with Crippen LogP contribution >= 0.6 is 11.6 Å². The molecule has 1 unspecified atom stereocenters. The lowest BCUT2D eigenvalue weighted by Gasteiger charge is -2.32. The Kier molecular flexibility index (Phi) is 6.98. The van der Waals surface area contributed by atoms with Crippen LogP contribution in [0.5, 0.6) is 5.75 Å². The molecule has 1 aromatic carbocycles. The Balaban J connectivity index is 2.70. The van der Waals surface area contributed by atoms with Gasteiger partial charge in [0.1, 0.15) is 12.4 Å². The second-order valence-electron chi connectivity index (χ2n) is 6.35. The van der Waals surface area contributed by atoms with E-state index in [2.05, 4.69) is 52.0 Å². The van der Waals surface area contributed by atoms with E-state index in [-0.39, 0.29) is 11.6 Å². The molecule has 0 spiro atoms. The first kappa shape index (κ1) is 18.3. The molecule has 0 amide bonds. The first-order chi connectivity index (χ1) is 9.77. The first-order valence-corrected chi connectivity index (χ1v) is 7.98. The van der Waals surface area contributed by atoms with Crippen LogP contribution in [-0.4, -0.2) is 37.7 Å². The highest BCUT2D eigenvalue weighted by atomic mass is 35.5. The minimum atomic E-state index is -0.0128. The average molecular weight is 313 g/mol. The van der Waals surface area contributed by atoms with Gasteiger partial charge in [0.05, 0.1) is 0 Å². The monoisotopic (exact) mass is 312 g/mol. The highest BCUT2D eigenvalue weighted by molar-refractivity contribution is 6.31. The summed E-state index contributed by atoms with van der Waals surface area (Å²) in [4.78, 5) is 2.15. The number of nitrogens with zero attached hydrogens (tertiary/aromatic N) is 1. The predicted molar refractivity (Wildman–Crippen MR) is 91.4 cm³/mol. The molecule has 1 atom stereocenters. The quantitative estimate of drug-likeness (QED) is 0.781. The van der Waals surface area contributed by atoms with Gasteiger partial charge in [-0.1, -0.05) is 24.6 Å². The second kappa shape index (κ2) is 8.02. The second-order valence-corrected chi connectivity index (χ2v) is 6.76. The standard InChI is InChI=1S/C17H29ClN2O/c1-7-10-19-13(2)15-9-8-14(11-16(15)18)21-12-17(3,4)20(5)6/h8-9,11,13,19H,7,10,12H2,1-6H3. The van der Waals surface area contributed by atoms with Crippen LogP contribution < -0.4 is 10.1 Å². The van der Waals surface area contributed by atoms with E-state index in [1.807, 2.05) is 18.2 Å². The van der Waals surface area contributed by atoms with E-state index in [1.165, 1.54) is 0 Å². The topological polar surface area (TPSA) is 24.5 Å². The van der Waals surface area contributed by atoms with Gasteiger partial charge in [0.25, 0.3) is 0 Å². The number of hydrogen-bond acceptors (Lipinski definition) is 3. The lowest BCUT2D eigenvalue weighted by Crippen LogP contribution is -2.43. The number of hydrogen-bond donors (Lipinski definition) is 1. The van der Waals surface area contributed by atoms with Crippen molar-refractivity contribution in [2.75, 3.05) is 27.2 Å². The summed E-state index contributed by atoms with van der Waals surface area (Å²) < 4.78 is 5.88. The molecular formula is C17H29ClN2O. The third-order valence-electron chi connectivity index (χ3n) is 3.94. The molecule has 1 rings (SSSR count). The number of nitrogens with one attached hydrogen (secondary N) is 1. The zero-order valence-electron chi connectivity index (χ0n) is 14.2. The molecule has 1 aromatic rings. The molecule has 0 saturated carbocycles. The van der Waals surface area contributed by atoms with E-state index in [0.29, 0.717) is 6.61 Å². The van der Waals surface area contributed by atoms with Crippen molar-refractivity contribution in [1.29, 1.82) is 0 Å². The highest BCUT2D eigenvalue weighted by Gasteiger charge is 2.21. The fourth-order valence-electron chi connectivity index (χ4n) is 1.81. The maximum absolute atomic E-state index is 6.39. The molecule has 1 N–H and O–H groups in total. The number of rotatable bonds is 8. The van der Waals surface area contributed by atoms with Gasteiger partial charge in [-0.3, -0.25) is 0 Å². The molecule has 120 valence electrons. The highest BCUT2D eigenvalue weighted by Crippen LogP contribution is 2.28. The summed E-state index contributed by atoms with van der Waals surface area (Å²) in [5, 5.41) is 4.20. The summed E-state index contributed by atoms with van der Waals surface area (Å²) in [6.07, 6.45) is 1.11. The molecule has 0 aromatic heterocycles. The van der Waals surface area contributed by atoms with Gasteiger partial charge in [-0.05, 0) is 65.5 Å². The predicted octanol–water partition coefficient (Wildman–Crippen LogP) is 4.12. The molecule has 0 aliphatic heterocycles. The minimum Gasteiger partial charge on any atom is -0.492 e. The maximum atomic E-state index is 6.39. The van der Waals surface area contributed by atoms with Crippen LogP contribution in [0.15, 0.2) is 18.2 Å². The van der Waals surface area contributed by atoms with Crippen molar-refractivity contribution in [3.05, 3.63) is 28.8 Å².